The first-order chi connectivity index (χ1) is 11.5. The van der Waals surface area contributed by atoms with E-state index in [-0.39, 0.29) is 11.9 Å². The van der Waals surface area contributed by atoms with Crippen LogP contribution in [0.2, 0.25) is 0 Å². The number of aldehydes is 1. The van der Waals surface area contributed by atoms with E-state index in [9.17, 15) is 9.90 Å². The number of hydrogen-bond donors (Lipinski definition) is 2. The summed E-state index contributed by atoms with van der Waals surface area (Å²) >= 11 is 0. The number of aromatic nitrogens is 3. The van der Waals surface area contributed by atoms with Gasteiger partial charge >= 0.3 is 0 Å². The van der Waals surface area contributed by atoms with Gasteiger partial charge in [0, 0.05) is 22.5 Å². The SMILES string of the molecule is CCC(=Nc1cnn(C(C)C)c1)c1c(O)[nH]c2ccc(C=O)cc12. The van der Waals surface area contributed by atoms with Crippen molar-refractivity contribution in [3.8, 4) is 5.88 Å². The van der Waals surface area contributed by atoms with Crippen molar-refractivity contribution >= 4 is 28.6 Å². The van der Waals surface area contributed by atoms with E-state index in [4.69, 9.17) is 0 Å². The maximum atomic E-state index is 11.1. The summed E-state index contributed by atoms with van der Waals surface area (Å²) < 4.78 is 1.84. The first-order valence-corrected chi connectivity index (χ1v) is 7.95. The van der Waals surface area contributed by atoms with Crippen molar-refractivity contribution in [3.05, 3.63) is 41.7 Å². The number of rotatable bonds is 5. The van der Waals surface area contributed by atoms with Crippen LogP contribution in [-0.4, -0.2) is 31.9 Å². The van der Waals surface area contributed by atoms with Crippen LogP contribution in [0.1, 0.15) is 49.2 Å². The summed E-state index contributed by atoms with van der Waals surface area (Å²) in [7, 11) is 0. The minimum Gasteiger partial charge on any atom is -0.494 e. The normalized spacial score (nSPS) is 12.2. The molecular weight excluding hydrogens is 304 g/mol. The Hall–Kier alpha value is -2.89. The Labute approximate surface area is 139 Å². The minimum absolute atomic E-state index is 0.0601. The monoisotopic (exact) mass is 324 g/mol. The van der Waals surface area contributed by atoms with Crippen molar-refractivity contribution in [1.82, 2.24) is 14.8 Å². The summed E-state index contributed by atoms with van der Waals surface area (Å²) in [5.74, 6) is 0.0601. The number of hydrogen-bond acceptors (Lipinski definition) is 4. The number of carbonyl (C=O) groups excluding carboxylic acids is 1. The van der Waals surface area contributed by atoms with E-state index in [1.807, 2.05) is 31.6 Å². The molecule has 0 radical (unpaired) electrons. The van der Waals surface area contributed by atoms with Gasteiger partial charge in [0.2, 0.25) is 0 Å². The predicted octanol–water partition coefficient (Wildman–Crippen LogP) is 3.99. The standard InChI is InChI=1S/C18H20N4O2/c1-4-15(20-13-8-19-22(9-13)11(2)3)17-14-7-12(10-23)5-6-16(14)21-18(17)24/h5-11,21,24H,4H2,1-3H3. The lowest BCUT2D eigenvalue weighted by atomic mass is 10.0. The van der Waals surface area contributed by atoms with Crippen LogP contribution in [0.3, 0.4) is 0 Å². The second-order valence-corrected chi connectivity index (χ2v) is 5.96. The largest absolute Gasteiger partial charge is 0.494 e. The number of aliphatic imine (C=N–C) groups is 1. The molecule has 3 rings (SSSR count). The van der Waals surface area contributed by atoms with Gasteiger partial charge in [-0.15, -0.1) is 0 Å². The summed E-state index contributed by atoms with van der Waals surface area (Å²) in [5.41, 5.74) is 3.44. The van der Waals surface area contributed by atoms with Gasteiger partial charge in [0.25, 0.3) is 0 Å². The van der Waals surface area contributed by atoms with Crippen LogP contribution in [-0.2, 0) is 0 Å². The molecule has 3 aromatic rings. The van der Waals surface area contributed by atoms with Crippen molar-refractivity contribution in [1.29, 1.82) is 0 Å². The van der Waals surface area contributed by atoms with Gasteiger partial charge in [-0.2, -0.15) is 5.10 Å². The van der Waals surface area contributed by atoms with Gasteiger partial charge in [-0.05, 0) is 38.5 Å². The average molecular weight is 324 g/mol. The molecule has 0 amide bonds. The molecule has 2 N–H and O–H groups in total. The second kappa shape index (κ2) is 6.31. The molecule has 0 saturated carbocycles. The quantitative estimate of drug-likeness (QED) is 0.550. The molecule has 0 aliphatic carbocycles. The molecule has 0 bridgehead atoms. The van der Waals surface area contributed by atoms with Crippen LogP contribution in [0.15, 0.2) is 35.6 Å². The fraction of sp³-hybridized carbons (Fsp3) is 0.278. The molecule has 2 aromatic heterocycles. The molecule has 0 saturated heterocycles. The fourth-order valence-corrected chi connectivity index (χ4v) is 2.70. The number of nitrogens with one attached hydrogen (secondary N) is 1. The van der Waals surface area contributed by atoms with Gasteiger partial charge in [0.15, 0.2) is 5.88 Å². The summed E-state index contributed by atoms with van der Waals surface area (Å²) in [6.45, 7) is 6.08. The summed E-state index contributed by atoms with van der Waals surface area (Å²) in [6.07, 6.45) is 5.02. The summed E-state index contributed by atoms with van der Waals surface area (Å²) in [4.78, 5) is 18.6. The van der Waals surface area contributed by atoms with Gasteiger partial charge in [0.05, 0.1) is 23.7 Å². The lowest BCUT2D eigenvalue weighted by Crippen LogP contribution is -2.00. The molecule has 0 unspecified atom stereocenters. The molecule has 0 aliphatic heterocycles. The number of benzene rings is 1. The van der Waals surface area contributed by atoms with Crippen LogP contribution < -0.4 is 0 Å². The number of aromatic hydroxyl groups is 1. The van der Waals surface area contributed by atoms with E-state index in [1.165, 1.54) is 0 Å². The zero-order valence-corrected chi connectivity index (χ0v) is 13.9. The van der Waals surface area contributed by atoms with Gasteiger partial charge in [-0.25, -0.2) is 4.99 Å². The molecule has 2 heterocycles. The summed E-state index contributed by atoms with van der Waals surface area (Å²) in [6, 6.07) is 5.52. The molecule has 0 fully saturated rings. The minimum atomic E-state index is 0.0601. The third-order valence-corrected chi connectivity index (χ3v) is 3.94. The van der Waals surface area contributed by atoms with E-state index in [1.54, 1.807) is 24.4 Å². The fourth-order valence-electron chi connectivity index (χ4n) is 2.70. The third kappa shape index (κ3) is 2.82. The number of fused-ring (bicyclic) bond motifs is 1. The molecule has 0 atom stereocenters. The number of H-pyrrole nitrogens is 1. The molecule has 24 heavy (non-hydrogen) atoms. The Morgan fingerprint density at radius 3 is 2.88 bits per heavy atom. The number of aromatic amines is 1. The summed E-state index contributed by atoms with van der Waals surface area (Å²) in [5, 5.41) is 15.4. The molecule has 0 spiro atoms. The van der Waals surface area contributed by atoms with Crippen molar-refractivity contribution in [3.63, 3.8) is 0 Å². The smallest absolute Gasteiger partial charge is 0.198 e. The van der Waals surface area contributed by atoms with Gasteiger partial charge in [-0.3, -0.25) is 9.48 Å². The van der Waals surface area contributed by atoms with Gasteiger partial charge in [0.1, 0.15) is 12.0 Å². The van der Waals surface area contributed by atoms with E-state index in [0.29, 0.717) is 17.5 Å². The first-order valence-electron chi connectivity index (χ1n) is 7.95. The van der Waals surface area contributed by atoms with Crippen LogP contribution in [0.5, 0.6) is 5.88 Å². The van der Waals surface area contributed by atoms with Crippen molar-refractivity contribution in [2.24, 2.45) is 4.99 Å². The predicted molar refractivity (Wildman–Crippen MR) is 94.5 cm³/mol. The van der Waals surface area contributed by atoms with Crippen LogP contribution in [0.4, 0.5) is 5.69 Å². The maximum absolute atomic E-state index is 11.1. The Morgan fingerprint density at radius 1 is 1.46 bits per heavy atom. The number of nitrogens with zero attached hydrogens (tertiary/aromatic N) is 3. The maximum Gasteiger partial charge on any atom is 0.198 e. The van der Waals surface area contributed by atoms with Crippen molar-refractivity contribution in [2.75, 3.05) is 0 Å². The zero-order chi connectivity index (χ0) is 17.3. The van der Waals surface area contributed by atoms with Gasteiger partial charge in [-0.1, -0.05) is 6.92 Å². The van der Waals surface area contributed by atoms with Crippen molar-refractivity contribution < 1.29 is 9.90 Å². The lowest BCUT2D eigenvalue weighted by molar-refractivity contribution is 0.112. The molecule has 1 aromatic carbocycles. The lowest BCUT2D eigenvalue weighted by Gasteiger charge is -2.04. The highest BCUT2D eigenvalue weighted by Gasteiger charge is 2.16. The Bertz CT molecular complexity index is 918. The Kier molecular flexibility index (Phi) is 4.20. The van der Waals surface area contributed by atoms with Gasteiger partial charge < -0.3 is 10.1 Å². The van der Waals surface area contributed by atoms with E-state index in [2.05, 4.69) is 15.1 Å². The van der Waals surface area contributed by atoms with Crippen LogP contribution in [0.25, 0.3) is 10.9 Å². The highest BCUT2D eigenvalue weighted by molar-refractivity contribution is 6.14. The Morgan fingerprint density at radius 2 is 2.25 bits per heavy atom. The molecular formula is C18H20N4O2. The van der Waals surface area contributed by atoms with Crippen LogP contribution >= 0.6 is 0 Å². The van der Waals surface area contributed by atoms with E-state index < -0.39 is 0 Å². The first kappa shape index (κ1) is 16.0. The third-order valence-electron chi connectivity index (χ3n) is 3.94. The molecule has 6 nitrogen and oxygen atoms in total. The molecule has 0 aliphatic rings. The Balaban J connectivity index is 2.13. The average Bonchev–Trinajstić information content (AvgIpc) is 3.16. The van der Waals surface area contributed by atoms with Crippen molar-refractivity contribution in [2.45, 2.75) is 33.2 Å². The van der Waals surface area contributed by atoms with Crippen LogP contribution in [0, 0.1) is 0 Å². The molecule has 124 valence electrons. The zero-order valence-electron chi connectivity index (χ0n) is 13.9. The topological polar surface area (TPSA) is 83.3 Å². The molecule has 6 heteroatoms. The highest BCUT2D eigenvalue weighted by Crippen LogP contribution is 2.30. The highest BCUT2D eigenvalue weighted by atomic mass is 16.3. The van der Waals surface area contributed by atoms with E-state index >= 15 is 0 Å². The number of carbonyl (C=O) groups is 1. The van der Waals surface area contributed by atoms with E-state index in [0.717, 1.165) is 28.6 Å². The second-order valence-electron chi connectivity index (χ2n) is 5.96.